The maximum absolute atomic E-state index is 10.8. The fraction of sp³-hybridized carbons (Fsp3) is 0.100. The van der Waals surface area contributed by atoms with Crippen LogP contribution < -0.4 is 5.73 Å². The van der Waals surface area contributed by atoms with E-state index in [1.54, 1.807) is 11.3 Å². The standard InChI is InChI=1S/C10H9NOS/c1-6-4-7-2-3-13-10(7)8(5-12)9(6)11/h2-5H,11H2,1H3. The molecular formula is C10H9NOS. The summed E-state index contributed by atoms with van der Waals surface area (Å²) >= 11 is 1.55. The summed E-state index contributed by atoms with van der Waals surface area (Å²) in [7, 11) is 0. The lowest BCUT2D eigenvalue weighted by molar-refractivity contribution is 0.112. The third-order valence-corrected chi connectivity index (χ3v) is 3.11. The molecule has 1 heterocycles. The molecule has 0 saturated carbocycles. The van der Waals surface area contributed by atoms with E-state index >= 15 is 0 Å². The molecule has 0 amide bonds. The normalized spacial score (nSPS) is 10.5. The fourth-order valence-electron chi connectivity index (χ4n) is 1.41. The molecule has 13 heavy (non-hydrogen) atoms. The smallest absolute Gasteiger partial charge is 0.153 e. The summed E-state index contributed by atoms with van der Waals surface area (Å²) < 4.78 is 0.984. The summed E-state index contributed by atoms with van der Waals surface area (Å²) in [6.07, 6.45) is 0.834. The summed E-state index contributed by atoms with van der Waals surface area (Å²) in [5, 5.41) is 3.06. The van der Waals surface area contributed by atoms with Gasteiger partial charge in [0.25, 0.3) is 0 Å². The minimum absolute atomic E-state index is 0.602. The molecule has 2 rings (SSSR count). The second-order valence-corrected chi connectivity index (χ2v) is 3.89. The number of anilines is 1. The van der Waals surface area contributed by atoms with Crippen molar-refractivity contribution in [2.45, 2.75) is 6.92 Å². The zero-order valence-corrected chi connectivity index (χ0v) is 8.02. The largest absolute Gasteiger partial charge is 0.398 e. The predicted molar refractivity (Wildman–Crippen MR) is 56.4 cm³/mol. The zero-order chi connectivity index (χ0) is 9.42. The third-order valence-electron chi connectivity index (χ3n) is 2.15. The molecule has 0 bridgehead atoms. The van der Waals surface area contributed by atoms with Crippen molar-refractivity contribution >= 4 is 33.4 Å². The van der Waals surface area contributed by atoms with E-state index in [-0.39, 0.29) is 0 Å². The van der Waals surface area contributed by atoms with Crippen LogP contribution in [-0.4, -0.2) is 6.29 Å². The van der Waals surface area contributed by atoms with Crippen molar-refractivity contribution in [3.05, 3.63) is 28.6 Å². The van der Waals surface area contributed by atoms with Crippen molar-refractivity contribution in [1.82, 2.24) is 0 Å². The maximum atomic E-state index is 10.8. The van der Waals surface area contributed by atoms with Gasteiger partial charge in [0.15, 0.2) is 6.29 Å². The molecule has 0 atom stereocenters. The highest BCUT2D eigenvalue weighted by atomic mass is 32.1. The lowest BCUT2D eigenvalue weighted by Crippen LogP contribution is -1.95. The van der Waals surface area contributed by atoms with Crippen LogP contribution in [0.2, 0.25) is 0 Å². The number of benzene rings is 1. The monoisotopic (exact) mass is 191 g/mol. The number of carbonyl (C=O) groups is 1. The van der Waals surface area contributed by atoms with E-state index in [1.807, 2.05) is 24.4 Å². The number of fused-ring (bicyclic) bond motifs is 1. The van der Waals surface area contributed by atoms with Crippen molar-refractivity contribution in [2.75, 3.05) is 5.73 Å². The van der Waals surface area contributed by atoms with Crippen LogP contribution in [-0.2, 0) is 0 Å². The number of hydrogen-bond donors (Lipinski definition) is 1. The lowest BCUT2D eigenvalue weighted by Gasteiger charge is -2.03. The number of nitrogen functional groups attached to an aromatic ring is 1. The number of thiophene rings is 1. The molecule has 3 heteroatoms. The van der Waals surface area contributed by atoms with Gasteiger partial charge < -0.3 is 5.73 Å². The first-order valence-electron chi connectivity index (χ1n) is 3.95. The SMILES string of the molecule is Cc1cc2ccsc2c(C=O)c1N. The van der Waals surface area contributed by atoms with Crippen molar-refractivity contribution in [2.24, 2.45) is 0 Å². The number of hydrogen-bond acceptors (Lipinski definition) is 3. The first-order valence-corrected chi connectivity index (χ1v) is 4.83. The van der Waals surface area contributed by atoms with Crippen LogP contribution in [0.4, 0.5) is 5.69 Å². The number of carbonyl (C=O) groups excluding carboxylic acids is 1. The number of aryl methyl sites for hydroxylation is 1. The number of nitrogens with two attached hydrogens (primary N) is 1. The molecule has 0 unspecified atom stereocenters. The number of aldehydes is 1. The summed E-state index contributed by atoms with van der Waals surface area (Å²) in [5.41, 5.74) is 7.99. The summed E-state index contributed by atoms with van der Waals surface area (Å²) in [5.74, 6) is 0. The van der Waals surface area contributed by atoms with Crippen LogP contribution in [0.15, 0.2) is 17.5 Å². The van der Waals surface area contributed by atoms with Crippen molar-refractivity contribution in [1.29, 1.82) is 0 Å². The average Bonchev–Trinajstić information content (AvgIpc) is 2.54. The third kappa shape index (κ3) is 1.12. The molecule has 0 spiro atoms. The first kappa shape index (κ1) is 8.26. The Kier molecular flexibility index (Phi) is 1.81. The van der Waals surface area contributed by atoms with E-state index in [2.05, 4.69) is 0 Å². The molecular weight excluding hydrogens is 182 g/mol. The van der Waals surface area contributed by atoms with Crippen LogP contribution in [0.5, 0.6) is 0 Å². The fourth-order valence-corrected chi connectivity index (χ4v) is 2.31. The number of rotatable bonds is 1. The van der Waals surface area contributed by atoms with Gasteiger partial charge in [-0.1, -0.05) is 0 Å². The van der Waals surface area contributed by atoms with Gasteiger partial charge in [-0.15, -0.1) is 11.3 Å². The molecule has 0 radical (unpaired) electrons. The molecule has 0 aliphatic carbocycles. The Hall–Kier alpha value is -1.35. The molecule has 0 fully saturated rings. The molecule has 2 nitrogen and oxygen atoms in total. The van der Waals surface area contributed by atoms with Crippen LogP contribution in [0, 0.1) is 6.92 Å². The highest BCUT2D eigenvalue weighted by Gasteiger charge is 2.08. The molecule has 66 valence electrons. The van der Waals surface area contributed by atoms with E-state index in [0.717, 1.165) is 21.9 Å². The lowest BCUT2D eigenvalue weighted by atomic mass is 10.1. The summed E-state index contributed by atoms with van der Waals surface area (Å²) in [4.78, 5) is 10.8. The molecule has 0 saturated heterocycles. The Morgan fingerprint density at radius 2 is 2.31 bits per heavy atom. The van der Waals surface area contributed by atoms with Gasteiger partial charge in [-0.05, 0) is 35.4 Å². The van der Waals surface area contributed by atoms with Crippen molar-refractivity contribution < 1.29 is 4.79 Å². The van der Waals surface area contributed by atoms with Gasteiger partial charge in [0, 0.05) is 10.4 Å². The average molecular weight is 191 g/mol. The Morgan fingerprint density at radius 1 is 1.54 bits per heavy atom. The van der Waals surface area contributed by atoms with Gasteiger partial charge in [0.05, 0.1) is 5.56 Å². The van der Waals surface area contributed by atoms with E-state index in [9.17, 15) is 4.79 Å². The highest BCUT2D eigenvalue weighted by molar-refractivity contribution is 7.17. The minimum Gasteiger partial charge on any atom is -0.398 e. The topological polar surface area (TPSA) is 43.1 Å². The predicted octanol–water partition coefficient (Wildman–Crippen LogP) is 2.60. The first-order chi connectivity index (χ1) is 6.24. The van der Waals surface area contributed by atoms with Crippen LogP contribution in [0.1, 0.15) is 15.9 Å². The van der Waals surface area contributed by atoms with E-state index in [0.29, 0.717) is 11.3 Å². The van der Waals surface area contributed by atoms with Crippen LogP contribution in [0.25, 0.3) is 10.1 Å². The second kappa shape index (κ2) is 2.85. The summed E-state index contributed by atoms with van der Waals surface area (Å²) in [6.45, 7) is 1.92. The van der Waals surface area contributed by atoms with Crippen LogP contribution >= 0.6 is 11.3 Å². The van der Waals surface area contributed by atoms with Gasteiger partial charge in [-0.2, -0.15) is 0 Å². The van der Waals surface area contributed by atoms with E-state index in [4.69, 9.17) is 5.73 Å². The Balaban J connectivity index is 2.95. The summed E-state index contributed by atoms with van der Waals surface area (Å²) in [6, 6.07) is 4.01. The van der Waals surface area contributed by atoms with Gasteiger partial charge in [-0.3, -0.25) is 4.79 Å². The Labute approximate surface area is 80.0 Å². The van der Waals surface area contributed by atoms with Gasteiger partial charge >= 0.3 is 0 Å². The molecule has 0 aliphatic rings. The minimum atomic E-state index is 0.602. The van der Waals surface area contributed by atoms with Crippen molar-refractivity contribution in [3.8, 4) is 0 Å². The van der Waals surface area contributed by atoms with Crippen molar-refractivity contribution in [3.63, 3.8) is 0 Å². The molecule has 1 aromatic heterocycles. The van der Waals surface area contributed by atoms with E-state index < -0.39 is 0 Å². The van der Waals surface area contributed by atoms with Gasteiger partial charge in [0.1, 0.15) is 0 Å². The van der Waals surface area contributed by atoms with Gasteiger partial charge in [-0.25, -0.2) is 0 Å². The zero-order valence-electron chi connectivity index (χ0n) is 7.20. The molecule has 2 N–H and O–H groups in total. The van der Waals surface area contributed by atoms with Gasteiger partial charge in [0.2, 0.25) is 0 Å². The van der Waals surface area contributed by atoms with Crippen LogP contribution in [0.3, 0.4) is 0 Å². The Bertz CT molecular complexity index is 473. The quantitative estimate of drug-likeness (QED) is 0.556. The molecule has 0 aliphatic heterocycles. The maximum Gasteiger partial charge on any atom is 0.153 e. The second-order valence-electron chi connectivity index (χ2n) is 2.98. The Morgan fingerprint density at radius 3 is 3.00 bits per heavy atom. The highest BCUT2D eigenvalue weighted by Crippen LogP contribution is 2.30. The van der Waals surface area contributed by atoms with E-state index in [1.165, 1.54) is 0 Å². The molecule has 2 aromatic rings. The molecule has 1 aromatic carbocycles.